The summed E-state index contributed by atoms with van der Waals surface area (Å²) in [5.74, 6) is 1.24. The van der Waals surface area contributed by atoms with Gasteiger partial charge in [-0.3, -0.25) is 14.8 Å². The molecule has 2 aromatic heterocycles. The summed E-state index contributed by atoms with van der Waals surface area (Å²) in [6.45, 7) is 6.40. The highest BCUT2D eigenvalue weighted by atomic mass is 35.5. The maximum absolute atomic E-state index is 13.6. The van der Waals surface area contributed by atoms with Crippen molar-refractivity contribution in [1.82, 2.24) is 9.97 Å². The first-order valence-corrected chi connectivity index (χ1v) is 14.0. The lowest BCUT2D eigenvalue weighted by Gasteiger charge is -2.32. The number of aryl methyl sites for hydroxylation is 1. The van der Waals surface area contributed by atoms with Crippen LogP contribution in [0.5, 0.6) is 0 Å². The number of sulfone groups is 1. The standard InChI is InChI=1S/C25H31ClN4O3S/c1-5-16-10-21-22(29-24(16)26)11-20(14(2)17-6-7-17)15(3)23(31)25(30-21)28-12-18-8-9-19(13-27-18)34(4,32)33/h8-10,13-15,17,20H,5-7,11-12H2,1-4H3,(H,28,30). The van der Waals surface area contributed by atoms with E-state index in [0.29, 0.717) is 29.1 Å². The van der Waals surface area contributed by atoms with E-state index in [9.17, 15) is 13.2 Å². The Bertz CT molecular complexity index is 1220. The van der Waals surface area contributed by atoms with Gasteiger partial charge < -0.3 is 5.32 Å². The Balaban J connectivity index is 1.69. The highest BCUT2D eigenvalue weighted by Crippen LogP contribution is 2.44. The highest BCUT2D eigenvalue weighted by Gasteiger charge is 2.40. The monoisotopic (exact) mass is 502 g/mol. The number of ketones is 1. The molecule has 1 aliphatic carbocycles. The first kappa shape index (κ1) is 24.8. The molecule has 3 unspecified atom stereocenters. The Morgan fingerprint density at radius 3 is 2.62 bits per heavy atom. The maximum atomic E-state index is 13.6. The summed E-state index contributed by atoms with van der Waals surface area (Å²) in [6.07, 6.45) is 6.31. The van der Waals surface area contributed by atoms with Gasteiger partial charge in [-0.15, -0.1) is 0 Å². The molecule has 0 aromatic carbocycles. The van der Waals surface area contributed by atoms with E-state index in [4.69, 9.17) is 16.6 Å². The molecule has 0 amide bonds. The predicted molar refractivity (Wildman–Crippen MR) is 134 cm³/mol. The second-order valence-electron chi connectivity index (χ2n) is 9.55. The average molecular weight is 503 g/mol. The van der Waals surface area contributed by atoms with Gasteiger partial charge in [-0.25, -0.2) is 13.4 Å². The topological polar surface area (TPSA) is 101 Å². The summed E-state index contributed by atoms with van der Waals surface area (Å²) >= 11 is 6.46. The van der Waals surface area contributed by atoms with Gasteiger partial charge in [0.05, 0.1) is 28.5 Å². The number of aliphatic imine (C=N–C) groups is 1. The van der Waals surface area contributed by atoms with Crippen LogP contribution < -0.4 is 5.32 Å². The second kappa shape index (κ2) is 9.74. The van der Waals surface area contributed by atoms with Crippen LogP contribution in [0.2, 0.25) is 5.15 Å². The fourth-order valence-corrected chi connectivity index (χ4v) is 5.54. The highest BCUT2D eigenvalue weighted by molar-refractivity contribution is 7.90. The molecule has 2 aromatic rings. The van der Waals surface area contributed by atoms with Crippen LogP contribution in [0.25, 0.3) is 0 Å². The van der Waals surface area contributed by atoms with Crippen LogP contribution in [0.15, 0.2) is 34.3 Å². The van der Waals surface area contributed by atoms with Crippen molar-refractivity contribution in [3.8, 4) is 0 Å². The normalized spacial score (nSPS) is 23.1. The molecule has 1 fully saturated rings. The molecule has 3 heterocycles. The minimum Gasteiger partial charge on any atom is -0.336 e. The van der Waals surface area contributed by atoms with E-state index < -0.39 is 9.84 Å². The van der Waals surface area contributed by atoms with Gasteiger partial charge in [-0.05, 0) is 67.2 Å². The number of carbonyl (C=O) groups excluding carboxylic acids is 1. The number of halogens is 1. The first-order chi connectivity index (χ1) is 16.1. The molecule has 3 atom stereocenters. The number of aromatic nitrogens is 2. The van der Waals surface area contributed by atoms with E-state index in [2.05, 4.69) is 22.2 Å². The van der Waals surface area contributed by atoms with Crippen LogP contribution in [0.4, 0.5) is 5.69 Å². The smallest absolute Gasteiger partial charge is 0.200 e. The molecule has 7 nitrogen and oxygen atoms in total. The second-order valence-corrected chi connectivity index (χ2v) is 11.9. The van der Waals surface area contributed by atoms with E-state index in [-0.39, 0.29) is 34.9 Å². The number of hydrogen-bond donors (Lipinski definition) is 1. The van der Waals surface area contributed by atoms with Crippen molar-refractivity contribution >= 4 is 38.7 Å². The van der Waals surface area contributed by atoms with Gasteiger partial charge in [-0.1, -0.05) is 32.4 Å². The summed E-state index contributed by atoms with van der Waals surface area (Å²) in [7, 11) is -3.32. The molecule has 34 heavy (non-hydrogen) atoms. The van der Waals surface area contributed by atoms with Crippen molar-refractivity contribution in [3.05, 3.63) is 46.5 Å². The van der Waals surface area contributed by atoms with E-state index in [1.54, 1.807) is 6.07 Å². The SMILES string of the molecule is CCc1cc2c(nc1Cl)CC(C(C)C1CC1)C(C)C(=O)C(=NCc1ccc(S(C)(=O)=O)cn1)N2. The minimum absolute atomic E-state index is 0.0242. The quantitative estimate of drug-likeness (QED) is 0.582. The van der Waals surface area contributed by atoms with Crippen molar-refractivity contribution in [2.45, 2.75) is 57.9 Å². The lowest BCUT2D eigenvalue weighted by molar-refractivity contribution is -0.118. The molecule has 2 aliphatic rings. The zero-order valence-electron chi connectivity index (χ0n) is 20.0. The molecule has 182 valence electrons. The Morgan fingerprint density at radius 2 is 2.03 bits per heavy atom. The van der Waals surface area contributed by atoms with Crippen LogP contribution in [-0.2, 0) is 34.0 Å². The van der Waals surface area contributed by atoms with Crippen molar-refractivity contribution in [2.75, 3.05) is 11.6 Å². The molecule has 0 saturated heterocycles. The number of amidine groups is 1. The fourth-order valence-electron chi connectivity index (χ4n) is 4.69. The summed E-state index contributed by atoms with van der Waals surface area (Å²) in [4.78, 5) is 27.2. The number of anilines is 1. The molecular formula is C25H31ClN4O3S. The molecule has 0 radical (unpaired) electrons. The summed E-state index contributed by atoms with van der Waals surface area (Å²) in [6, 6.07) is 5.11. The van der Waals surface area contributed by atoms with Gasteiger partial charge in [0.15, 0.2) is 15.7 Å². The van der Waals surface area contributed by atoms with Gasteiger partial charge in [0.25, 0.3) is 0 Å². The third-order valence-electron chi connectivity index (χ3n) is 7.15. The Hall–Kier alpha value is -2.32. The van der Waals surface area contributed by atoms with Crippen molar-refractivity contribution < 1.29 is 13.2 Å². The Morgan fingerprint density at radius 1 is 1.29 bits per heavy atom. The van der Waals surface area contributed by atoms with E-state index in [0.717, 1.165) is 29.6 Å². The molecule has 1 N–H and O–H groups in total. The molecule has 4 rings (SSSR count). The summed E-state index contributed by atoms with van der Waals surface area (Å²) in [5, 5.41) is 3.76. The number of fused-ring (bicyclic) bond motifs is 1. The number of Topliss-reactive ketones (excluding diaryl/α,β-unsaturated/α-hetero) is 1. The van der Waals surface area contributed by atoms with E-state index in [1.807, 2.05) is 19.9 Å². The number of nitrogens with zero attached hydrogens (tertiary/aromatic N) is 3. The number of carbonyl (C=O) groups is 1. The molecule has 0 spiro atoms. The van der Waals surface area contributed by atoms with Gasteiger partial charge in [0.1, 0.15) is 5.15 Å². The third-order valence-corrected chi connectivity index (χ3v) is 8.57. The molecular weight excluding hydrogens is 472 g/mol. The lowest BCUT2D eigenvalue weighted by atomic mass is 9.75. The fraction of sp³-hybridized carbons (Fsp3) is 0.520. The van der Waals surface area contributed by atoms with Crippen LogP contribution in [-0.4, -0.2) is 36.3 Å². The van der Waals surface area contributed by atoms with E-state index in [1.165, 1.54) is 25.1 Å². The predicted octanol–water partition coefficient (Wildman–Crippen LogP) is 4.53. The zero-order valence-corrected chi connectivity index (χ0v) is 21.6. The van der Waals surface area contributed by atoms with Gasteiger partial charge in [-0.2, -0.15) is 0 Å². The number of hydrogen-bond acceptors (Lipinski definition) is 6. The number of rotatable bonds is 6. The minimum atomic E-state index is -3.32. The Labute approximate surface area is 206 Å². The summed E-state index contributed by atoms with van der Waals surface area (Å²) in [5.41, 5.74) is 3.13. The average Bonchev–Trinajstić information content (AvgIpc) is 3.64. The zero-order chi connectivity index (χ0) is 24.6. The largest absolute Gasteiger partial charge is 0.336 e. The van der Waals surface area contributed by atoms with Crippen molar-refractivity contribution in [3.63, 3.8) is 0 Å². The lowest BCUT2D eigenvalue weighted by Crippen LogP contribution is -2.39. The van der Waals surface area contributed by atoms with Gasteiger partial charge in [0, 0.05) is 18.4 Å². The molecule has 1 aliphatic heterocycles. The first-order valence-electron chi connectivity index (χ1n) is 11.8. The van der Waals surface area contributed by atoms with Gasteiger partial charge in [0.2, 0.25) is 5.78 Å². The van der Waals surface area contributed by atoms with Crippen LogP contribution >= 0.6 is 11.6 Å². The molecule has 9 heteroatoms. The van der Waals surface area contributed by atoms with Crippen molar-refractivity contribution in [1.29, 1.82) is 0 Å². The van der Waals surface area contributed by atoms with Crippen LogP contribution in [0.3, 0.4) is 0 Å². The molecule has 0 bridgehead atoms. The Kier molecular flexibility index (Phi) is 7.10. The van der Waals surface area contributed by atoms with Crippen molar-refractivity contribution in [2.24, 2.45) is 28.7 Å². The third kappa shape index (κ3) is 5.33. The van der Waals surface area contributed by atoms with Crippen LogP contribution in [0.1, 0.15) is 50.6 Å². The summed E-state index contributed by atoms with van der Waals surface area (Å²) < 4.78 is 23.4. The maximum Gasteiger partial charge on any atom is 0.200 e. The number of nitrogens with one attached hydrogen (secondary N) is 1. The van der Waals surface area contributed by atoms with Crippen LogP contribution in [0, 0.1) is 23.7 Å². The number of pyridine rings is 2. The van der Waals surface area contributed by atoms with E-state index >= 15 is 0 Å². The molecule has 1 saturated carbocycles. The van der Waals surface area contributed by atoms with Gasteiger partial charge >= 0.3 is 0 Å².